The molecule has 1 N–H and O–H groups in total. The molecular weight excluding hydrogens is 492 g/mol. The van der Waals surface area contributed by atoms with Gasteiger partial charge in [-0.15, -0.1) is 5.73 Å². The highest BCUT2D eigenvalue weighted by atomic mass is 32.2. The van der Waals surface area contributed by atoms with Crippen LogP contribution in [-0.2, 0) is 21.4 Å². The Balaban J connectivity index is 1.70. The second kappa shape index (κ2) is 11.3. The molecule has 1 heterocycles. The van der Waals surface area contributed by atoms with Crippen LogP contribution in [0.1, 0.15) is 22.8 Å². The normalized spacial score (nSPS) is 15.6. The number of carboxylic acid groups (broad SMARTS) is 1. The van der Waals surface area contributed by atoms with E-state index in [1.165, 1.54) is 29.2 Å². The summed E-state index contributed by atoms with van der Waals surface area (Å²) >= 11 is 0. The van der Waals surface area contributed by atoms with Crippen molar-refractivity contribution in [3.8, 4) is 5.75 Å². The third-order valence-corrected chi connectivity index (χ3v) is 7.78. The number of nitrogens with zero attached hydrogens (tertiary/aromatic N) is 2. The number of carbonyl (C=O) groups excluding carboxylic acids is 1. The van der Waals surface area contributed by atoms with Crippen molar-refractivity contribution in [2.75, 3.05) is 18.1 Å². The van der Waals surface area contributed by atoms with Crippen molar-refractivity contribution >= 4 is 27.6 Å². The second-order valence-electron chi connectivity index (χ2n) is 8.26. The number of amides is 1. The molecule has 1 unspecified atom stereocenters. The largest absolute Gasteiger partial charge is 0.489 e. The van der Waals surface area contributed by atoms with Gasteiger partial charge in [-0.2, -0.15) is 4.31 Å². The number of hydrogen-bond donors (Lipinski definition) is 1. The molecule has 0 spiro atoms. The van der Waals surface area contributed by atoms with E-state index in [9.17, 15) is 23.1 Å². The SMILES string of the molecule is CC=C=CCOc1ccc(S(=O)(=O)N2Cc3ccccc3N(C(=O)c3ccccc3)CC2C(=O)O)cc1. The predicted molar refractivity (Wildman–Crippen MR) is 139 cm³/mol. The van der Waals surface area contributed by atoms with Gasteiger partial charge < -0.3 is 14.7 Å². The zero-order chi connectivity index (χ0) is 26.4. The average molecular weight is 519 g/mol. The fraction of sp³-hybridized carbons (Fsp3) is 0.179. The molecule has 1 aliphatic heterocycles. The Labute approximate surface area is 215 Å². The third-order valence-electron chi connectivity index (χ3n) is 5.91. The van der Waals surface area contributed by atoms with Crippen molar-refractivity contribution in [2.45, 2.75) is 24.4 Å². The molecule has 4 rings (SSSR count). The van der Waals surface area contributed by atoms with Crippen molar-refractivity contribution in [1.82, 2.24) is 4.31 Å². The Morgan fingerprint density at radius 2 is 1.70 bits per heavy atom. The topological polar surface area (TPSA) is 104 Å². The first kappa shape index (κ1) is 25.9. The van der Waals surface area contributed by atoms with Crippen LogP contribution < -0.4 is 9.64 Å². The number of aliphatic carboxylic acids is 1. The first-order valence-corrected chi connectivity index (χ1v) is 13.0. The zero-order valence-electron chi connectivity index (χ0n) is 20.2. The lowest BCUT2D eigenvalue weighted by Crippen LogP contribution is -2.50. The van der Waals surface area contributed by atoms with Gasteiger partial charge in [-0.05, 0) is 67.1 Å². The molecule has 9 heteroatoms. The number of benzene rings is 3. The Morgan fingerprint density at radius 3 is 2.38 bits per heavy atom. The van der Waals surface area contributed by atoms with E-state index in [1.807, 2.05) is 6.92 Å². The summed E-state index contributed by atoms with van der Waals surface area (Å²) in [4.78, 5) is 27.1. The monoisotopic (exact) mass is 518 g/mol. The average Bonchev–Trinajstić information content (AvgIpc) is 3.09. The highest BCUT2D eigenvalue weighted by Crippen LogP contribution is 2.32. The Hall–Kier alpha value is -4.17. The van der Waals surface area contributed by atoms with E-state index in [0.29, 0.717) is 22.6 Å². The van der Waals surface area contributed by atoms with Crippen LogP contribution >= 0.6 is 0 Å². The summed E-state index contributed by atoms with van der Waals surface area (Å²) in [5.41, 5.74) is 4.25. The van der Waals surface area contributed by atoms with Gasteiger partial charge in [0.15, 0.2) is 0 Å². The minimum Gasteiger partial charge on any atom is -0.489 e. The first-order chi connectivity index (χ1) is 17.8. The molecule has 1 aliphatic rings. The molecular formula is C28H26N2O6S. The number of carbonyl (C=O) groups is 2. The molecule has 3 aromatic rings. The maximum atomic E-state index is 13.7. The lowest BCUT2D eigenvalue weighted by atomic mass is 10.1. The summed E-state index contributed by atoms with van der Waals surface area (Å²) in [6.45, 7) is 1.54. The highest BCUT2D eigenvalue weighted by Gasteiger charge is 2.41. The van der Waals surface area contributed by atoms with Crippen LogP contribution in [0.2, 0.25) is 0 Å². The van der Waals surface area contributed by atoms with Gasteiger partial charge in [-0.25, -0.2) is 8.42 Å². The fourth-order valence-electron chi connectivity index (χ4n) is 4.08. The molecule has 0 saturated heterocycles. The second-order valence-corrected chi connectivity index (χ2v) is 10.1. The molecule has 0 radical (unpaired) electrons. The van der Waals surface area contributed by atoms with Crippen molar-refractivity contribution in [1.29, 1.82) is 0 Å². The van der Waals surface area contributed by atoms with Crippen molar-refractivity contribution in [2.24, 2.45) is 0 Å². The van der Waals surface area contributed by atoms with E-state index < -0.39 is 27.9 Å². The lowest BCUT2D eigenvalue weighted by molar-refractivity contribution is -0.141. The maximum absolute atomic E-state index is 13.7. The summed E-state index contributed by atoms with van der Waals surface area (Å²) in [6, 6.07) is 19.6. The van der Waals surface area contributed by atoms with Gasteiger partial charge in [0.25, 0.3) is 5.91 Å². The Bertz CT molecular complexity index is 1450. The lowest BCUT2D eigenvalue weighted by Gasteiger charge is -2.28. The van der Waals surface area contributed by atoms with Gasteiger partial charge >= 0.3 is 5.97 Å². The van der Waals surface area contributed by atoms with Gasteiger partial charge in [-0.3, -0.25) is 9.59 Å². The molecule has 0 aromatic heterocycles. The van der Waals surface area contributed by atoms with Crippen LogP contribution in [0.4, 0.5) is 5.69 Å². The first-order valence-electron chi connectivity index (χ1n) is 11.6. The third kappa shape index (κ3) is 5.65. The Kier molecular flexibility index (Phi) is 7.89. The number of hydrogen-bond acceptors (Lipinski definition) is 5. The molecule has 1 atom stereocenters. The summed E-state index contributed by atoms with van der Waals surface area (Å²) in [6.07, 6.45) is 3.44. The summed E-state index contributed by atoms with van der Waals surface area (Å²) in [5, 5.41) is 10.1. The minimum atomic E-state index is -4.25. The van der Waals surface area contributed by atoms with Crippen LogP contribution in [0.5, 0.6) is 5.75 Å². The van der Waals surface area contributed by atoms with E-state index in [1.54, 1.807) is 66.7 Å². The van der Waals surface area contributed by atoms with E-state index in [-0.39, 0.29) is 24.6 Å². The Morgan fingerprint density at radius 1 is 1.03 bits per heavy atom. The number of rotatable bonds is 7. The molecule has 190 valence electrons. The van der Waals surface area contributed by atoms with Crippen LogP contribution in [0.25, 0.3) is 0 Å². The summed E-state index contributed by atoms with van der Waals surface area (Å²) < 4.78 is 33.9. The van der Waals surface area contributed by atoms with E-state index in [0.717, 1.165) is 4.31 Å². The number of para-hydroxylation sites is 1. The number of ether oxygens (including phenoxy) is 1. The number of carboxylic acids is 1. The summed E-state index contributed by atoms with van der Waals surface area (Å²) in [5.74, 6) is -1.30. The quantitative estimate of drug-likeness (QED) is 0.473. The molecule has 3 aromatic carbocycles. The van der Waals surface area contributed by atoms with E-state index in [2.05, 4.69) is 5.73 Å². The smallest absolute Gasteiger partial charge is 0.323 e. The predicted octanol–water partition coefficient (Wildman–Crippen LogP) is 4.10. The molecule has 37 heavy (non-hydrogen) atoms. The molecule has 1 amide bonds. The fourth-order valence-corrected chi connectivity index (χ4v) is 5.63. The number of sulfonamides is 1. The molecule has 0 saturated carbocycles. The van der Waals surface area contributed by atoms with Gasteiger partial charge in [0.2, 0.25) is 10.0 Å². The standard InChI is InChI=1S/C28H26N2O6S/c1-2-3-9-18-36-23-14-16-24(17-15-23)37(34,35)30-19-22-12-7-8-13-25(22)29(20-26(30)28(32)33)27(31)21-10-5-4-6-11-21/h2,4-17,26H,18-20H2,1H3,(H,32,33). The molecule has 0 fully saturated rings. The van der Waals surface area contributed by atoms with E-state index >= 15 is 0 Å². The summed E-state index contributed by atoms with van der Waals surface area (Å²) in [7, 11) is -4.25. The van der Waals surface area contributed by atoms with Crippen LogP contribution in [0.15, 0.2) is 102 Å². The highest BCUT2D eigenvalue weighted by molar-refractivity contribution is 7.89. The minimum absolute atomic E-state index is 0.0737. The van der Waals surface area contributed by atoms with Gasteiger partial charge in [-0.1, -0.05) is 36.4 Å². The van der Waals surface area contributed by atoms with Gasteiger partial charge in [0, 0.05) is 17.8 Å². The van der Waals surface area contributed by atoms with Crippen LogP contribution in [0.3, 0.4) is 0 Å². The molecule has 0 bridgehead atoms. The zero-order valence-corrected chi connectivity index (χ0v) is 21.0. The van der Waals surface area contributed by atoms with Crippen molar-refractivity contribution in [3.05, 3.63) is 108 Å². The van der Waals surface area contributed by atoms with Crippen LogP contribution in [-0.4, -0.2) is 48.9 Å². The molecule has 0 aliphatic carbocycles. The molecule has 8 nitrogen and oxygen atoms in total. The van der Waals surface area contributed by atoms with Gasteiger partial charge in [0.1, 0.15) is 18.4 Å². The van der Waals surface area contributed by atoms with Crippen LogP contribution in [0, 0.1) is 0 Å². The maximum Gasteiger partial charge on any atom is 0.323 e. The van der Waals surface area contributed by atoms with Crippen molar-refractivity contribution < 1.29 is 27.9 Å². The van der Waals surface area contributed by atoms with Gasteiger partial charge in [0.05, 0.1) is 11.4 Å². The van der Waals surface area contributed by atoms with E-state index in [4.69, 9.17) is 4.74 Å². The number of fused-ring (bicyclic) bond motifs is 1. The van der Waals surface area contributed by atoms with Crippen molar-refractivity contribution in [3.63, 3.8) is 0 Å². The number of anilines is 1.